The number of benzene rings is 2. The molecule has 0 aliphatic heterocycles. The predicted molar refractivity (Wildman–Crippen MR) is 106 cm³/mol. The molecular formula is C20H25N5O. The molecule has 1 heterocycles. The van der Waals surface area contributed by atoms with Crippen LogP contribution in [0.2, 0.25) is 0 Å². The first-order valence-electron chi connectivity index (χ1n) is 9.04. The van der Waals surface area contributed by atoms with Crippen molar-refractivity contribution in [1.82, 2.24) is 15.0 Å². The van der Waals surface area contributed by atoms with Crippen molar-refractivity contribution in [2.24, 2.45) is 0 Å². The number of amides is 1. The average molecular weight is 351 g/mol. The molecular weight excluding hydrogens is 326 g/mol. The molecule has 0 atom stereocenters. The Kier molecular flexibility index (Phi) is 5.21. The second kappa shape index (κ2) is 7.56. The third-order valence-electron chi connectivity index (χ3n) is 4.50. The van der Waals surface area contributed by atoms with Crippen LogP contribution in [-0.2, 0) is 6.54 Å². The molecule has 3 rings (SSSR count). The van der Waals surface area contributed by atoms with Gasteiger partial charge in [0.2, 0.25) is 0 Å². The standard InChI is InChI=1S/C20H25N5O/c1-5-24(14(3)4)17-10-8-16(9-11-17)21-20(26)15-7-12-19-18(13-15)22-23-25(19)6-2/h7-14H,5-6H2,1-4H3,(H,21,26). The molecule has 0 aliphatic rings. The van der Waals surface area contributed by atoms with E-state index in [1.165, 1.54) is 0 Å². The fourth-order valence-corrected chi connectivity index (χ4v) is 3.13. The van der Waals surface area contributed by atoms with E-state index >= 15 is 0 Å². The van der Waals surface area contributed by atoms with Gasteiger partial charge in [-0.05, 0) is 70.2 Å². The van der Waals surface area contributed by atoms with Crippen LogP contribution in [0, 0.1) is 0 Å². The first-order chi connectivity index (χ1) is 12.5. The average Bonchev–Trinajstić information content (AvgIpc) is 3.05. The molecule has 6 heteroatoms. The molecule has 136 valence electrons. The molecule has 3 aromatic rings. The number of fused-ring (bicyclic) bond motifs is 1. The highest BCUT2D eigenvalue weighted by Crippen LogP contribution is 2.21. The molecule has 6 nitrogen and oxygen atoms in total. The zero-order valence-electron chi connectivity index (χ0n) is 15.7. The van der Waals surface area contributed by atoms with E-state index in [0.717, 1.165) is 35.5 Å². The summed E-state index contributed by atoms with van der Waals surface area (Å²) in [6.45, 7) is 10.2. The van der Waals surface area contributed by atoms with Gasteiger partial charge in [-0.2, -0.15) is 0 Å². The number of aryl methyl sites for hydroxylation is 1. The van der Waals surface area contributed by atoms with Crippen molar-refractivity contribution in [1.29, 1.82) is 0 Å². The van der Waals surface area contributed by atoms with Gasteiger partial charge in [-0.1, -0.05) is 5.21 Å². The summed E-state index contributed by atoms with van der Waals surface area (Å²) in [6.07, 6.45) is 0. The fourth-order valence-electron chi connectivity index (χ4n) is 3.13. The molecule has 0 bridgehead atoms. The zero-order valence-corrected chi connectivity index (χ0v) is 15.7. The molecule has 0 saturated carbocycles. The van der Waals surface area contributed by atoms with Crippen LogP contribution < -0.4 is 10.2 Å². The maximum atomic E-state index is 12.5. The second-order valence-electron chi connectivity index (χ2n) is 6.49. The van der Waals surface area contributed by atoms with Crippen LogP contribution in [0.5, 0.6) is 0 Å². The van der Waals surface area contributed by atoms with Crippen molar-refractivity contribution >= 4 is 28.3 Å². The van der Waals surface area contributed by atoms with Crippen molar-refractivity contribution < 1.29 is 4.79 Å². The van der Waals surface area contributed by atoms with Gasteiger partial charge in [-0.3, -0.25) is 4.79 Å². The quantitative estimate of drug-likeness (QED) is 0.731. The third kappa shape index (κ3) is 3.54. The van der Waals surface area contributed by atoms with Gasteiger partial charge in [0.25, 0.3) is 5.91 Å². The van der Waals surface area contributed by atoms with E-state index in [0.29, 0.717) is 11.6 Å². The van der Waals surface area contributed by atoms with E-state index in [4.69, 9.17) is 0 Å². The highest BCUT2D eigenvalue weighted by atomic mass is 16.1. The Balaban J connectivity index is 1.75. The number of hydrogen-bond acceptors (Lipinski definition) is 4. The Hall–Kier alpha value is -2.89. The smallest absolute Gasteiger partial charge is 0.255 e. The Morgan fingerprint density at radius 3 is 2.50 bits per heavy atom. The normalized spacial score (nSPS) is 11.1. The summed E-state index contributed by atoms with van der Waals surface area (Å²) < 4.78 is 1.81. The minimum Gasteiger partial charge on any atom is -0.369 e. The zero-order chi connectivity index (χ0) is 18.7. The van der Waals surface area contributed by atoms with Crippen LogP contribution in [0.25, 0.3) is 11.0 Å². The van der Waals surface area contributed by atoms with E-state index in [-0.39, 0.29) is 5.91 Å². The lowest BCUT2D eigenvalue weighted by Crippen LogP contribution is -2.30. The van der Waals surface area contributed by atoms with Crippen molar-refractivity contribution in [3.63, 3.8) is 0 Å². The first kappa shape index (κ1) is 17.9. The van der Waals surface area contributed by atoms with E-state index in [9.17, 15) is 4.79 Å². The van der Waals surface area contributed by atoms with Crippen LogP contribution in [0.3, 0.4) is 0 Å². The number of hydrogen-bond donors (Lipinski definition) is 1. The van der Waals surface area contributed by atoms with Gasteiger partial charge in [0.05, 0.1) is 5.52 Å². The lowest BCUT2D eigenvalue weighted by Gasteiger charge is -2.27. The highest BCUT2D eigenvalue weighted by Gasteiger charge is 2.11. The molecule has 1 amide bonds. The van der Waals surface area contributed by atoms with Gasteiger partial charge >= 0.3 is 0 Å². The van der Waals surface area contributed by atoms with Gasteiger partial charge in [-0.15, -0.1) is 5.10 Å². The van der Waals surface area contributed by atoms with Crippen molar-refractivity contribution in [2.75, 3.05) is 16.8 Å². The Morgan fingerprint density at radius 1 is 1.15 bits per heavy atom. The summed E-state index contributed by atoms with van der Waals surface area (Å²) in [5.41, 5.74) is 4.16. The molecule has 0 spiro atoms. The number of nitrogens with zero attached hydrogens (tertiary/aromatic N) is 4. The summed E-state index contributed by atoms with van der Waals surface area (Å²) in [5.74, 6) is -0.151. The Bertz CT molecular complexity index is 898. The topological polar surface area (TPSA) is 63.1 Å². The van der Waals surface area contributed by atoms with Gasteiger partial charge in [0.15, 0.2) is 0 Å². The first-order valence-corrected chi connectivity index (χ1v) is 9.04. The Labute approximate surface area is 153 Å². The number of carbonyl (C=O) groups is 1. The molecule has 0 fully saturated rings. The minimum atomic E-state index is -0.151. The molecule has 0 saturated heterocycles. The van der Waals surface area contributed by atoms with Crippen molar-refractivity contribution in [3.05, 3.63) is 48.0 Å². The van der Waals surface area contributed by atoms with Crippen LogP contribution in [0.4, 0.5) is 11.4 Å². The lowest BCUT2D eigenvalue weighted by atomic mass is 10.1. The van der Waals surface area contributed by atoms with E-state index in [1.54, 1.807) is 12.1 Å². The minimum absolute atomic E-state index is 0.151. The van der Waals surface area contributed by atoms with Gasteiger partial charge in [0.1, 0.15) is 5.52 Å². The molecule has 0 aliphatic carbocycles. The number of rotatable bonds is 6. The second-order valence-corrected chi connectivity index (χ2v) is 6.49. The van der Waals surface area contributed by atoms with Gasteiger partial charge in [-0.25, -0.2) is 4.68 Å². The maximum Gasteiger partial charge on any atom is 0.255 e. The summed E-state index contributed by atoms with van der Waals surface area (Å²) in [6, 6.07) is 13.8. The maximum absolute atomic E-state index is 12.5. The van der Waals surface area contributed by atoms with Gasteiger partial charge < -0.3 is 10.2 Å². The molecule has 1 N–H and O–H groups in total. The lowest BCUT2D eigenvalue weighted by molar-refractivity contribution is 0.102. The van der Waals surface area contributed by atoms with Crippen LogP contribution in [0.15, 0.2) is 42.5 Å². The van der Waals surface area contributed by atoms with E-state index in [2.05, 4.69) is 41.3 Å². The monoisotopic (exact) mass is 351 g/mol. The number of nitrogens with one attached hydrogen (secondary N) is 1. The number of aromatic nitrogens is 3. The summed E-state index contributed by atoms with van der Waals surface area (Å²) >= 11 is 0. The SMILES string of the molecule is CCN(c1ccc(NC(=O)c2ccc3c(c2)nnn3CC)cc1)C(C)C. The highest BCUT2D eigenvalue weighted by molar-refractivity contribution is 6.05. The molecule has 26 heavy (non-hydrogen) atoms. The van der Waals surface area contributed by atoms with Crippen LogP contribution in [0.1, 0.15) is 38.1 Å². The number of anilines is 2. The van der Waals surface area contributed by atoms with Crippen molar-refractivity contribution in [2.45, 2.75) is 40.3 Å². The van der Waals surface area contributed by atoms with E-state index < -0.39 is 0 Å². The fraction of sp³-hybridized carbons (Fsp3) is 0.350. The molecule has 0 unspecified atom stereocenters. The van der Waals surface area contributed by atoms with Gasteiger partial charge in [0, 0.05) is 36.1 Å². The van der Waals surface area contributed by atoms with Crippen LogP contribution in [-0.4, -0.2) is 33.5 Å². The summed E-state index contributed by atoms with van der Waals surface area (Å²) in [5, 5.41) is 11.1. The largest absolute Gasteiger partial charge is 0.369 e. The molecule has 0 radical (unpaired) electrons. The Morgan fingerprint density at radius 2 is 1.88 bits per heavy atom. The third-order valence-corrected chi connectivity index (χ3v) is 4.50. The summed E-state index contributed by atoms with van der Waals surface area (Å²) in [4.78, 5) is 14.8. The predicted octanol–water partition coefficient (Wildman–Crippen LogP) is 3.94. The molecule has 1 aromatic heterocycles. The van der Waals surface area contributed by atoms with Crippen molar-refractivity contribution in [3.8, 4) is 0 Å². The number of carbonyl (C=O) groups excluding carboxylic acids is 1. The van der Waals surface area contributed by atoms with E-state index in [1.807, 2.05) is 41.9 Å². The van der Waals surface area contributed by atoms with Crippen LogP contribution >= 0.6 is 0 Å². The molecule has 2 aromatic carbocycles. The summed E-state index contributed by atoms with van der Waals surface area (Å²) in [7, 11) is 0.